The van der Waals surface area contributed by atoms with E-state index in [-0.39, 0.29) is 5.69 Å². The first-order chi connectivity index (χ1) is 9.58. The van der Waals surface area contributed by atoms with Crippen molar-refractivity contribution in [2.75, 3.05) is 6.54 Å². The van der Waals surface area contributed by atoms with E-state index in [0.29, 0.717) is 5.92 Å². The molecule has 0 atom stereocenters. The molecule has 0 spiro atoms. The van der Waals surface area contributed by atoms with E-state index >= 15 is 0 Å². The Hall–Kier alpha value is -2.21. The van der Waals surface area contributed by atoms with Crippen LogP contribution in [-0.2, 0) is 6.54 Å². The van der Waals surface area contributed by atoms with Crippen molar-refractivity contribution in [2.24, 2.45) is 5.92 Å². The van der Waals surface area contributed by atoms with Gasteiger partial charge in [-0.25, -0.2) is 0 Å². The third-order valence-electron chi connectivity index (χ3n) is 2.95. The summed E-state index contributed by atoms with van der Waals surface area (Å²) in [5.41, 5.74) is 2.94. The quantitative estimate of drug-likeness (QED) is 0.626. The summed E-state index contributed by atoms with van der Waals surface area (Å²) in [7, 11) is 0. The Morgan fingerprint density at radius 2 is 2.05 bits per heavy atom. The Morgan fingerprint density at radius 3 is 2.65 bits per heavy atom. The van der Waals surface area contributed by atoms with Crippen molar-refractivity contribution in [2.45, 2.75) is 20.4 Å². The lowest BCUT2D eigenvalue weighted by molar-refractivity contribution is -0.384. The molecule has 20 heavy (non-hydrogen) atoms. The van der Waals surface area contributed by atoms with Gasteiger partial charge in [0, 0.05) is 29.8 Å². The summed E-state index contributed by atoms with van der Waals surface area (Å²) in [6, 6.07) is 6.47. The molecule has 2 N–H and O–H groups in total. The van der Waals surface area contributed by atoms with E-state index in [2.05, 4.69) is 29.4 Å². The lowest BCUT2D eigenvalue weighted by Crippen LogP contribution is -2.19. The van der Waals surface area contributed by atoms with E-state index in [1.807, 2.05) is 0 Å². The van der Waals surface area contributed by atoms with Crippen LogP contribution in [0.5, 0.6) is 0 Å². The number of hydrogen-bond acceptors (Lipinski definition) is 4. The predicted molar refractivity (Wildman–Crippen MR) is 77.2 cm³/mol. The molecule has 0 unspecified atom stereocenters. The van der Waals surface area contributed by atoms with Gasteiger partial charge in [0.05, 0.1) is 16.8 Å². The summed E-state index contributed by atoms with van der Waals surface area (Å²) < 4.78 is 0. The fourth-order valence-electron chi connectivity index (χ4n) is 1.94. The first-order valence-electron chi connectivity index (χ1n) is 6.55. The van der Waals surface area contributed by atoms with Gasteiger partial charge < -0.3 is 5.32 Å². The number of nitrogens with zero attached hydrogens (tertiary/aromatic N) is 2. The van der Waals surface area contributed by atoms with Crippen LogP contribution in [0.25, 0.3) is 11.3 Å². The topological polar surface area (TPSA) is 83.8 Å². The highest BCUT2D eigenvalue weighted by Gasteiger charge is 2.10. The number of H-pyrrole nitrogens is 1. The molecule has 0 saturated carbocycles. The maximum atomic E-state index is 10.6. The molecule has 0 radical (unpaired) electrons. The van der Waals surface area contributed by atoms with E-state index in [4.69, 9.17) is 0 Å². The van der Waals surface area contributed by atoms with Crippen LogP contribution >= 0.6 is 0 Å². The minimum atomic E-state index is -0.401. The molecule has 1 aromatic heterocycles. The standard InChI is InChI=1S/C14H18N4O2/c1-10(2)7-15-8-12-9-16-17-14(12)11-3-5-13(6-4-11)18(19)20/h3-6,9-10,15H,7-8H2,1-2H3,(H,16,17). The van der Waals surface area contributed by atoms with Gasteiger partial charge in [-0.3, -0.25) is 15.2 Å². The lowest BCUT2D eigenvalue weighted by Gasteiger charge is -2.07. The van der Waals surface area contributed by atoms with E-state index in [1.165, 1.54) is 12.1 Å². The van der Waals surface area contributed by atoms with Gasteiger partial charge in [-0.05, 0) is 24.6 Å². The van der Waals surface area contributed by atoms with Crippen molar-refractivity contribution in [3.8, 4) is 11.3 Å². The summed E-state index contributed by atoms with van der Waals surface area (Å²) in [6.45, 7) is 5.96. The number of rotatable bonds is 6. The van der Waals surface area contributed by atoms with E-state index in [1.54, 1.807) is 18.3 Å². The summed E-state index contributed by atoms with van der Waals surface area (Å²) in [6.07, 6.45) is 1.78. The second kappa shape index (κ2) is 6.29. The van der Waals surface area contributed by atoms with Crippen molar-refractivity contribution in [1.82, 2.24) is 15.5 Å². The molecule has 0 saturated heterocycles. The molecule has 0 amide bonds. The number of nitro groups is 1. The SMILES string of the molecule is CC(C)CNCc1cn[nH]c1-c1ccc([N+](=O)[O-])cc1. The van der Waals surface area contributed by atoms with Crippen molar-refractivity contribution >= 4 is 5.69 Å². The van der Waals surface area contributed by atoms with Crippen molar-refractivity contribution < 1.29 is 4.92 Å². The predicted octanol–water partition coefficient (Wildman–Crippen LogP) is 2.73. The number of aromatic nitrogens is 2. The Balaban J connectivity index is 2.12. The molecule has 0 fully saturated rings. The number of nitro benzene ring substituents is 1. The average molecular weight is 274 g/mol. The van der Waals surface area contributed by atoms with Gasteiger partial charge in [0.25, 0.3) is 5.69 Å². The summed E-state index contributed by atoms with van der Waals surface area (Å²) >= 11 is 0. The van der Waals surface area contributed by atoms with Crippen molar-refractivity contribution in [3.63, 3.8) is 0 Å². The molecule has 2 rings (SSSR count). The Morgan fingerprint density at radius 1 is 1.35 bits per heavy atom. The molecule has 106 valence electrons. The average Bonchev–Trinajstić information content (AvgIpc) is 2.87. The third kappa shape index (κ3) is 3.42. The molecular formula is C14H18N4O2. The van der Waals surface area contributed by atoms with Crippen LogP contribution < -0.4 is 5.32 Å². The molecule has 0 aliphatic carbocycles. The minimum Gasteiger partial charge on any atom is -0.312 e. The van der Waals surface area contributed by atoms with E-state index in [9.17, 15) is 10.1 Å². The van der Waals surface area contributed by atoms with E-state index < -0.39 is 4.92 Å². The highest BCUT2D eigenvalue weighted by Crippen LogP contribution is 2.23. The number of aromatic amines is 1. The van der Waals surface area contributed by atoms with Gasteiger partial charge in [0.2, 0.25) is 0 Å². The molecule has 2 aromatic rings. The van der Waals surface area contributed by atoms with Crippen molar-refractivity contribution in [1.29, 1.82) is 0 Å². The van der Waals surface area contributed by atoms with E-state index in [0.717, 1.165) is 29.9 Å². The molecule has 0 bridgehead atoms. The number of benzene rings is 1. The van der Waals surface area contributed by atoms with Gasteiger partial charge in [0.1, 0.15) is 0 Å². The highest BCUT2D eigenvalue weighted by atomic mass is 16.6. The zero-order chi connectivity index (χ0) is 14.5. The zero-order valence-electron chi connectivity index (χ0n) is 11.6. The van der Waals surface area contributed by atoms with Crippen LogP contribution in [-0.4, -0.2) is 21.7 Å². The Bertz CT molecular complexity index is 575. The zero-order valence-corrected chi connectivity index (χ0v) is 11.6. The lowest BCUT2D eigenvalue weighted by atomic mass is 10.1. The van der Waals surface area contributed by atoms with Crippen LogP contribution in [0.4, 0.5) is 5.69 Å². The molecule has 1 aromatic carbocycles. The van der Waals surface area contributed by atoms with Crippen LogP contribution in [0.15, 0.2) is 30.5 Å². The molecule has 6 nitrogen and oxygen atoms in total. The van der Waals surface area contributed by atoms with Gasteiger partial charge >= 0.3 is 0 Å². The largest absolute Gasteiger partial charge is 0.312 e. The van der Waals surface area contributed by atoms with Crippen LogP contribution in [0.3, 0.4) is 0 Å². The van der Waals surface area contributed by atoms with Gasteiger partial charge in [-0.1, -0.05) is 13.8 Å². The Labute approximate surface area is 117 Å². The maximum Gasteiger partial charge on any atom is 0.269 e. The smallest absolute Gasteiger partial charge is 0.269 e. The number of non-ortho nitro benzene ring substituents is 1. The second-order valence-electron chi connectivity index (χ2n) is 5.10. The van der Waals surface area contributed by atoms with Crippen LogP contribution in [0.2, 0.25) is 0 Å². The van der Waals surface area contributed by atoms with Crippen LogP contribution in [0, 0.1) is 16.0 Å². The monoisotopic (exact) mass is 274 g/mol. The summed E-state index contributed by atoms with van der Waals surface area (Å²) in [4.78, 5) is 10.2. The first kappa shape index (κ1) is 14.2. The molecular weight excluding hydrogens is 256 g/mol. The van der Waals surface area contributed by atoms with Crippen LogP contribution in [0.1, 0.15) is 19.4 Å². The second-order valence-corrected chi connectivity index (χ2v) is 5.10. The highest BCUT2D eigenvalue weighted by molar-refractivity contribution is 5.63. The van der Waals surface area contributed by atoms with Gasteiger partial charge in [-0.2, -0.15) is 5.10 Å². The molecule has 6 heteroatoms. The molecule has 0 aliphatic heterocycles. The maximum absolute atomic E-state index is 10.6. The third-order valence-corrected chi connectivity index (χ3v) is 2.95. The summed E-state index contributed by atoms with van der Waals surface area (Å²) in [5.74, 6) is 0.588. The van der Waals surface area contributed by atoms with Crippen molar-refractivity contribution in [3.05, 3.63) is 46.1 Å². The number of hydrogen-bond donors (Lipinski definition) is 2. The molecule has 1 heterocycles. The Kier molecular flexibility index (Phi) is 4.47. The van der Waals surface area contributed by atoms with Gasteiger partial charge in [0.15, 0.2) is 0 Å². The van der Waals surface area contributed by atoms with Gasteiger partial charge in [-0.15, -0.1) is 0 Å². The fraction of sp³-hybridized carbons (Fsp3) is 0.357. The summed E-state index contributed by atoms with van der Waals surface area (Å²) in [5, 5.41) is 21.0. The first-order valence-corrected chi connectivity index (χ1v) is 6.55. The fourth-order valence-corrected chi connectivity index (χ4v) is 1.94. The normalized spacial score (nSPS) is 10.9. The number of nitrogens with one attached hydrogen (secondary N) is 2. The minimum absolute atomic E-state index is 0.0905. The molecule has 0 aliphatic rings.